The number of hydrogen-bond donors (Lipinski definition) is 0. The van der Waals surface area contributed by atoms with Crippen molar-refractivity contribution < 1.29 is 4.74 Å². The Morgan fingerprint density at radius 3 is 2.33 bits per heavy atom. The fraction of sp³-hybridized carbons (Fsp3) is 0.692. The van der Waals surface area contributed by atoms with Gasteiger partial charge in [0.25, 0.3) is 0 Å². The average Bonchev–Trinajstić information content (AvgIpc) is 2.31. The second kappa shape index (κ2) is 5.97. The lowest BCUT2D eigenvalue weighted by Crippen LogP contribution is -2.36. The summed E-state index contributed by atoms with van der Waals surface area (Å²) in [5.74, 6) is 1.58. The molecule has 1 aliphatic carbocycles. The maximum absolute atomic E-state index is 6.05. The number of aromatic nitrogens is 2. The molecule has 2 rings (SSSR count). The van der Waals surface area contributed by atoms with E-state index in [1.807, 2.05) is 13.0 Å². The Balaban J connectivity index is 2.34. The van der Waals surface area contributed by atoms with Crippen LogP contribution in [-0.4, -0.2) is 16.6 Å². The third-order valence-electron chi connectivity index (χ3n) is 3.57. The smallest absolute Gasteiger partial charge is 0.162 e. The van der Waals surface area contributed by atoms with Gasteiger partial charge in [0.2, 0.25) is 0 Å². The van der Waals surface area contributed by atoms with Crippen molar-refractivity contribution in [2.45, 2.75) is 45.1 Å². The molecule has 0 aliphatic heterocycles. The normalized spacial score (nSPS) is 28.3. The fourth-order valence-corrected chi connectivity index (χ4v) is 3.61. The summed E-state index contributed by atoms with van der Waals surface area (Å²) in [6.07, 6.45) is 4.36. The predicted octanol–water partition coefficient (Wildman–Crippen LogP) is 4.44. The van der Waals surface area contributed by atoms with Crippen LogP contribution in [0.3, 0.4) is 0 Å². The van der Waals surface area contributed by atoms with Gasteiger partial charge in [-0.25, -0.2) is 9.97 Å². The molecule has 1 aromatic heterocycles. The summed E-state index contributed by atoms with van der Waals surface area (Å²) in [5.41, 5.74) is -0.298. The minimum Gasteiger partial charge on any atom is -0.367 e. The Kier molecular flexibility index (Phi) is 4.78. The zero-order valence-corrected chi connectivity index (χ0v) is 13.9. The van der Waals surface area contributed by atoms with Crippen LogP contribution < -0.4 is 0 Å². The number of ether oxygens (including phenoxy) is 1. The molecule has 1 fully saturated rings. The molecule has 0 saturated heterocycles. The monoisotopic (exact) mass is 376 g/mol. The predicted molar refractivity (Wildman–Crippen MR) is 78.4 cm³/mol. The lowest BCUT2D eigenvalue weighted by atomic mass is 9.79. The molecule has 0 bridgehead atoms. The van der Waals surface area contributed by atoms with Crippen molar-refractivity contribution in [2.75, 3.05) is 6.61 Å². The van der Waals surface area contributed by atoms with Gasteiger partial charge in [0.1, 0.15) is 14.8 Å². The highest BCUT2D eigenvalue weighted by atomic mass is 79.9. The molecule has 18 heavy (non-hydrogen) atoms. The van der Waals surface area contributed by atoms with E-state index in [1.165, 1.54) is 12.8 Å². The first-order chi connectivity index (χ1) is 8.55. The third-order valence-corrected chi connectivity index (χ3v) is 4.39. The van der Waals surface area contributed by atoms with E-state index in [9.17, 15) is 0 Å². The van der Waals surface area contributed by atoms with Crippen LogP contribution in [0.1, 0.15) is 45.4 Å². The Morgan fingerprint density at radius 2 is 1.83 bits per heavy atom. The number of hydrogen-bond acceptors (Lipinski definition) is 3. The minimum absolute atomic E-state index is 0.298. The summed E-state index contributed by atoms with van der Waals surface area (Å²) in [6.45, 7) is 5.03. The summed E-state index contributed by atoms with van der Waals surface area (Å²) < 4.78 is 7.65. The van der Waals surface area contributed by atoms with Crippen LogP contribution in [-0.2, 0) is 10.3 Å². The highest BCUT2D eigenvalue weighted by Crippen LogP contribution is 2.41. The summed E-state index contributed by atoms with van der Waals surface area (Å²) in [4.78, 5) is 9.05. The van der Waals surface area contributed by atoms with E-state index >= 15 is 0 Å². The van der Waals surface area contributed by atoms with Crippen molar-refractivity contribution >= 4 is 31.9 Å². The van der Waals surface area contributed by atoms with Crippen molar-refractivity contribution in [3.8, 4) is 0 Å². The summed E-state index contributed by atoms with van der Waals surface area (Å²) in [6, 6.07) is 1.86. The molecule has 0 atom stereocenters. The first kappa shape index (κ1) is 14.4. The second-order valence-electron chi connectivity index (χ2n) is 4.95. The second-order valence-corrected chi connectivity index (χ2v) is 6.57. The maximum Gasteiger partial charge on any atom is 0.162 e. The first-order valence-corrected chi connectivity index (χ1v) is 7.99. The van der Waals surface area contributed by atoms with E-state index in [4.69, 9.17) is 4.74 Å². The standard InChI is InChI=1S/C13H18Br2N2O/c1-3-18-13(6-4-9(2)5-7-13)12-16-10(14)8-11(15)17-12/h8-9H,3-7H2,1-2H3. The molecule has 0 aromatic carbocycles. The molecule has 0 spiro atoms. The van der Waals surface area contributed by atoms with Gasteiger partial charge in [0.15, 0.2) is 5.82 Å². The number of rotatable bonds is 3. The molecule has 0 amide bonds. The van der Waals surface area contributed by atoms with Crippen LogP contribution in [0, 0.1) is 5.92 Å². The van der Waals surface area contributed by atoms with Crippen LogP contribution >= 0.6 is 31.9 Å². The molecule has 1 heterocycles. The van der Waals surface area contributed by atoms with E-state index in [0.717, 1.165) is 33.8 Å². The number of nitrogens with zero attached hydrogens (tertiary/aromatic N) is 2. The van der Waals surface area contributed by atoms with E-state index in [2.05, 4.69) is 48.8 Å². The Bertz CT molecular complexity index is 397. The average molecular weight is 378 g/mol. The van der Waals surface area contributed by atoms with Gasteiger partial charge in [-0.05, 0) is 70.4 Å². The number of halogens is 2. The molecule has 0 radical (unpaired) electrons. The SMILES string of the molecule is CCOC1(c2nc(Br)cc(Br)n2)CCC(C)CC1. The molecule has 1 aliphatic rings. The topological polar surface area (TPSA) is 35.0 Å². The highest BCUT2D eigenvalue weighted by molar-refractivity contribution is 9.11. The zero-order valence-electron chi connectivity index (χ0n) is 10.7. The lowest BCUT2D eigenvalue weighted by molar-refractivity contribution is -0.0839. The van der Waals surface area contributed by atoms with E-state index in [1.54, 1.807) is 0 Å². The Morgan fingerprint density at radius 1 is 1.28 bits per heavy atom. The lowest BCUT2D eigenvalue weighted by Gasteiger charge is -2.37. The molecule has 0 N–H and O–H groups in total. The van der Waals surface area contributed by atoms with E-state index in [0.29, 0.717) is 6.61 Å². The van der Waals surface area contributed by atoms with Gasteiger partial charge >= 0.3 is 0 Å². The van der Waals surface area contributed by atoms with Gasteiger partial charge in [-0.1, -0.05) is 6.92 Å². The molecular formula is C13H18Br2N2O. The molecule has 1 aromatic rings. The quantitative estimate of drug-likeness (QED) is 0.730. The first-order valence-electron chi connectivity index (χ1n) is 6.40. The third kappa shape index (κ3) is 3.11. The van der Waals surface area contributed by atoms with Crippen molar-refractivity contribution in [3.63, 3.8) is 0 Å². The van der Waals surface area contributed by atoms with Gasteiger partial charge < -0.3 is 4.74 Å². The summed E-state index contributed by atoms with van der Waals surface area (Å²) in [7, 11) is 0. The molecule has 1 saturated carbocycles. The molecular weight excluding hydrogens is 360 g/mol. The van der Waals surface area contributed by atoms with Crippen molar-refractivity contribution in [3.05, 3.63) is 21.1 Å². The molecule has 5 heteroatoms. The fourth-order valence-electron chi connectivity index (χ4n) is 2.53. The van der Waals surface area contributed by atoms with Crippen LogP contribution in [0.25, 0.3) is 0 Å². The van der Waals surface area contributed by atoms with Crippen molar-refractivity contribution in [1.82, 2.24) is 9.97 Å². The molecule has 3 nitrogen and oxygen atoms in total. The highest BCUT2D eigenvalue weighted by Gasteiger charge is 2.39. The molecule has 0 unspecified atom stereocenters. The minimum atomic E-state index is -0.298. The van der Waals surface area contributed by atoms with Crippen LogP contribution in [0.5, 0.6) is 0 Å². The van der Waals surface area contributed by atoms with Gasteiger partial charge in [-0.3, -0.25) is 0 Å². The zero-order chi connectivity index (χ0) is 13.2. The largest absolute Gasteiger partial charge is 0.367 e. The van der Waals surface area contributed by atoms with Crippen LogP contribution in [0.15, 0.2) is 15.3 Å². The Hall–Kier alpha value is -0.0000000000000000555. The maximum atomic E-state index is 6.05. The van der Waals surface area contributed by atoms with Gasteiger partial charge in [-0.2, -0.15) is 0 Å². The van der Waals surface area contributed by atoms with Gasteiger partial charge in [0, 0.05) is 12.7 Å². The van der Waals surface area contributed by atoms with E-state index in [-0.39, 0.29) is 5.60 Å². The van der Waals surface area contributed by atoms with E-state index < -0.39 is 0 Å². The van der Waals surface area contributed by atoms with Crippen LogP contribution in [0.2, 0.25) is 0 Å². The van der Waals surface area contributed by atoms with Gasteiger partial charge in [0.05, 0.1) is 0 Å². The Labute approximate surface area is 125 Å². The van der Waals surface area contributed by atoms with Crippen molar-refractivity contribution in [1.29, 1.82) is 0 Å². The summed E-state index contributed by atoms with van der Waals surface area (Å²) in [5, 5.41) is 0. The molecule has 100 valence electrons. The van der Waals surface area contributed by atoms with Crippen LogP contribution in [0.4, 0.5) is 0 Å². The van der Waals surface area contributed by atoms with Gasteiger partial charge in [-0.15, -0.1) is 0 Å². The summed E-state index contributed by atoms with van der Waals surface area (Å²) >= 11 is 6.86. The van der Waals surface area contributed by atoms with Crippen molar-refractivity contribution in [2.24, 2.45) is 5.92 Å².